The van der Waals surface area contributed by atoms with E-state index in [1.54, 1.807) is 7.05 Å². The van der Waals surface area contributed by atoms with Gasteiger partial charge in [-0.25, -0.2) is 4.98 Å². The van der Waals surface area contributed by atoms with Crippen LogP contribution < -0.4 is 20.3 Å². The van der Waals surface area contributed by atoms with Crippen LogP contribution in [0.3, 0.4) is 0 Å². The van der Waals surface area contributed by atoms with Crippen molar-refractivity contribution in [2.24, 2.45) is 4.99 Å². The number of para-hydroxylation sites is 1. The lowest BCUT2D eigenvalue weighted by Gasteiger charge is -2.14. The van der Waals surface area contributed by atoms with Gasteiger partial charge in [-0.2, -0.15) is 0 Å². The first-order valence-corrected chi connectivity index (χ1v) is 7.93. The number of nitrogens with zero attached hydrogens (tertiary/aromatic N) is 3. The van der Waals surface area contributed by atoms with Crippen molar-refractivity contribution >= 4 is 35.8 Å². The zero-order chi connectivity index (χ0) is 17.2. The summed E-state index contributed by atoms with van der Waals surface area (Å²) in [6.45, 7) is 1.93. The van der Waals surface area contributed by atoms with E-state index >= 15 is 0 Å². The molecule has 0 fully saturated rings. The maximum Gasteiger partial charge on any atom is 0.191 e. The number of aliphatic imine (C=N–C) groups is 1. The molecule has 0 saturated carbocycles. The van der Waals surface area contributed by atoms with E-state index in [1.807, 2.05) is 61.6 Å². The van der Waals surface area contributed by atoms with Crippen molar-refractivity contribution in [3.63, 3.8) is 0 Å². The smallest absolute Gasteiger partial charge is 0.191 e. The Bertz CT molecular complexity index is 649. The Hall–Kier alpha value is -2.03. The van der Waals surface area contributed by atoms with E-state index in [4.69, 9.17) is 4.74 Å². The number of rotatable bonds is 7. The molecule has 7 heteroatoms. The Labute approximate surface area is 166 Å². The SMILES string of the molecule is CN=C(NCCOc1ccccc1)NCc1ccnc(N(C)C)c1.I. The average molecular weight is 455 g/mol. The highest BCUT2D eigenvalue weighted by molar-refractivity contribution is 14.0. The van der Waals surface area contributed by atoms with Gasteiger partial charge < -0.3 is 20.3 Å². The van der Waals surface area contributed by atoms with E-state index in [0.29, 0.717) is 19.7 Å². The Morgan fingerprint density at radius 2 is 1.92 bits per heavy atom. The summed E-state index contributed by atoms with van der Waals surface area (Å²) >= 11 is 0. The Morgan fingerprint density at radius 1 is 1.16 bits per heavy atom. The van der Waals surface area contributed by atoms with Gasteiger partial charge in [-0.1, -0.05) is 18.2 Å². The molecular formula is C18H26IN5O. The average Bonchev–Trinajstić information content (AvgIpc) is 2.62. The molecule has 1 aromatic heterocycles. The van der Waals surface area contributed by atoms with Crippen molar-refractivity contribution in [3.8, 4) is 5.75 Å². The number of ether oxygens (including phenoxy) is 1. The van der Waals surface area contributed by atoms with Crippen LogP contribution in [-0.2, 0) is 6.54 Å². The molecule has 0 spiro atoms. The molecule has 1 aromatic carbocycles. The molecule has 0 aliphatic rings. The van der Waals surface area contributed by atoms with Crippen molar-refractivity contribution in [3.05, 3.63) is 54.2 Å². The molecule has 0 aliphatic heterocycles. The van der Waals surface area contributed by atoms with Crippen molar-refractivity contribution in [2.75, 3.05) is 39.2 Å². The van der Waals surface area contributed by atoms with Crippen molar-refractivity contribution in [2.45, 2.75) is 6.54 Å². The van der Waals surface area contributed by atoms with Crippen molar-refractivity contribution < 1.29 is 4.74 Å². The van der Waals surface area contributed by atoms with Crippen LogP contribution >= 0.6 is 24.0 Å². The fourth-order valence-corrected chi connectivity index (χ4v) is 2.08. The molecule has 136 valence electrons. The maximum atomic E-state index is 5.65. The van der Waals surface area contributed by atoms with Gasteiger partial charge in [-0.3, -0.25) is 4.99 Å². The number of aromatic nitrogens is 1. The molecular weight excluding hydrogens is 429 g/mol. The number of benzene rings is 1. The molecule has 0 aliphatic carbocycles. The zero-order valence-electron chi connectivity index (χ0n) is 14.9. The molecule has 2 rings (SSSR count). The summed E-state index contributed by atoms with van der Waals surface area (Å²) in [5.74, 6) is 2.55. The number of guanidine groups is 1. The predicted octanol–water partition coefficient (Wildman–Crippen LogP) is 2.51. The normalized spacial score (nSPS) is 10.6. The zero-order valence-corrected chi connectivity index (χ0v) is 17.2. The van der Waals surface area contributed by atoms with Crippen LogP contribution in [0, 0.1) is 0 Å². The largest absolute Gasteiger partial charge is 0.492 e. The van der Waals surface area contributed by atoms with Gasteiger partial charge >= 0.3 is 0 Å². The standard InChI is InChI=1S/C18H25N5O.HI/c1-19-18(21-11-12-24-16-7-5-4-6-8-16)22-14-15-9-10-20-17(13-15)23(2)3;/h4-10,13H,11-12,14H2,1-3H3,(H2,19,21,22);1H. The maximum absolute atomic E-state index is 5.65. The third kappa shape index (κ3) is 7.59. The molecule has 2 N–H and O–H groups in total. The van der Waals surface area contributed by atoms with E-state index in [9.17, 15) is 0 Å². The molecule has 2 aromatic rings. The van der Waals surface area contributed by atoms with Gasteiger partial charge in [0, 0.05) is 33.9 Å². The topological polar surface area (TPSA) is 61.8 Å². The fraction of sp³-hybridized carbons (Fsp3) is 0.333. The second-order valence-electron chi connectivity index (χ2n) is 5.43. The van der Waals surface area contributed by atoms with Crippen LogP contribution in [0.5, 0.6) is 5.75 Å². The summed E-state index contributed by atoms with van der Waals surface area (Å²) in [6.07, 6.45) is 1.82. The summed E-state index contributed by atoms with van der Waals surface area (Å²) in [5, 5.41) is 6.52. The second-order valence-corrected chi connectivity index (χ2v) is 5.43. The fourth-order valence-electron chi connectivity index (χ4n) is 2.08. The lowest BCUT2D eigenvalue weighted by atomic mass is 10.2. The van der Waals surface area contributed by atoms with Crippen LogP contribution in [0.15, 0.2) is 53.7 Å². The lowest BCUT2D eigenvalue weighted by molar-refractivity contribution is 0.322. The third-order valence-electron chi connectivity index (χ3n) is 3.36. The van der Waals surface area contributed by atoms with Gasteiger partial charge in [0.2, 0.25) is 0 Å². The highest BCUT2D eigenvalue weighted by Crippen LogP contribution is 2.09. The van der Waals surface area contributed by atoms with E-state index in [2.05, 4.69) is 26.7 Å². The molecule has 1 heterocycles. The summed E-state index contributed by atoms with van der Waals surface area (Å²) in [7, 11) is 5.71. The van der Waals surface area contributed by atoms with E-state index in [-0.39, 0.29) is 24.0 Å². The minimum Gasteiger partial charge on any atom is -0.492 e. The number of anilines is 1. The van der Waals surface area contributed by atoms with Crippen LogP contribution in [0.4, 0.5) is 5.82 Å². The first-order chi connectivity index (χ1) is 11.7. The molecule has 0 amide bonds. The molecule has 0 radical (unpaired) electrons. The van der Waals surface area contributed by atoms with E-state index in [1.165, 1.54) is 0 Å². The van der Waals surface area contributed by atoms with Crippen LogP contribution in [0.25, 0.3) is 0 Å². The van der Waals surface area contributed by atoms with Gasteiger partial charge in [-0.15, -0.1) is 24.0 Å². The summed E-state index contributed by atoms with van der Waals surface area (Å²) in [5.41, 5.74) is 1.15. The van der Waals surface area contributed by atoms with Gasteiger partial charge in [-0.05, 0) is 29.8 Å². The molecule has 6 nitrogen and oxygen atoms in total. The van der Waals surface area contributed by atoms with Crippen molar-refractivity contribution in [1.82, 2.24) is 15.6 Å². The number of halogens is 1. The monoisotopic (exact) mass is 455 g/mol. The van der Waals surface area contributed by atoms with Gasteiger partial charge in [0.15, 0.2) is 5.96 Å². The minimum absolute atomic E-state index is 0. The Morgan fingerprint density at radius 3 is 2.60 bits per heavy atom. The first kappa shape index (κ1) is 21.0. The molecule has 0 saturated heterocycles. The quantitative estimate of drug-likeness (QED) is 0.291. The van der Waals surface area contributed by atoms with Crippen LogP contribution in [-0.4, -0.2) is 45.2 Å². The molecule has 25 heavy (non-hydrogen) atoms. The van der Waals surface area contributed by atoms with Gasteiger partial charge in [0.05, 0.1) is 6.54 Å². The van der Waals surface area contributed by atoms with Crippen molar-refractivity contribution in [1.29, 1.82) is 0 Å². The highest BCUT2D eigenvalue weighted by Gasteiger charge is 2.01. The first-order valence-electron chi connectivity index (χ1n) is 7.93. The minimum atomic E-state index is 0. The molecule has 0 bridgehead atoms. The Balaban J connectivity index is 0.00000312. The number of hydrogen-bond donors (Lipinski definition) is 2. The van der Waals surface area contributed by atoms with Crippen LogP contribution in [0.1, 0.15) is 5.56 Å². The summed E-state index contributed by atoms with van der Waals surface area (Å²) in [4.78, 5) is 10.5. The van der Waals surface area contributed by atoms with E-state index < -0.39 is 0 Å². The molecule has 0 atom stereocenters. The molecule has 0 unspecified atom stereocenters. The van der Waals surface area contributed by atoms with Gasteiger partial charge in [0.1, 0.15) is 18.2 Å². The summed E-state index contributed by atoms with van der Waals surface area (Å²) in [6, 6.07) is 13.8. The summed E-state index contributed by atoms with van der Waals surface area (Å²) < 4.78 is 5.65. The van der Waals surface area contributed by atoms with Gasteiger partial charge in [0.25, 0.3) is 0 Å². The number of hydrogen-bond acceptors (Lipinski definition) is 4. The lowest BCUT2D eigenvalue weighted by Crippen LogP contribution is -2.38. The second kappa shape index (κ2) is 11.5. The Kier molecular flexibility index (Phi) is 9.68. The number of pyridine rings is 1. The number of nitrogens with one attached hydrogen (secondary N) is 2. The van der Waals surface area contributed by atoms with E-state index in [0.717, 1.165) is 23.1 Å². The highest BCUT2D eigenvalue weighted by atomic mass is 127. The third-order valence-corrected chi connectivity index (χ3v) is 3.36. The predicted molar refractivity (Wildman–Crippen MR) is 114 cm³/mol. The van der Waals surface area contributed by atoms with Crippen LogP contribution in [0.2, 0.25) is 0 Å².